The first kappa shape index (κ1) is 20.8. The molecule has 0 saturated carbocycles. The number of aromatic amines is 1. The van der Waals surface area contributed by atoms with Crippen molar-refractivity contribution in [2.75, 3.05) is 0 Å². The molecule has 0 radical (unpaired) electrons. The first-order valence-corrected chi connectivity index (χ1v) is 10.1. The number of halogens is 1. The third kappa shape index (κ3) is 4.08. The maximum Gasteiger partial charge on any atom is 0.211 e. The fourth-order valence-corrected chi connectivity index (χ4v) is 3.76. The van der Waals surface area contributed by atoms with E-state index in [0.29, 0.717) is 26.9 Å². The highest BCUT2D eigenvalue weighted by Crippen LogP contribution is 2.41. The number of H-pyrrole nitrogens is 1. The molecule has 4 aromatic rings. The minimum absolute atomic E-state index is 0.204. The first-order valence-electron chi connectivity index (χ1n) is 9.25. The number of allylic oxidation sites excluding steroid dienone is 1. The van der Waals surface area contributed by atoms with Gasteiger partial charge in [-0.15, -0.1) is 0 Å². The van der Waals surface area contributed by atoms with E-state index in [2.05, 4.69) is 42.0 Å². The molecule has 0 aliphatic heterocycles. The molecule has 0 amide bonds. The van der Waals surface area contributed by atoms with E-state index in [1.54, 1.807) is 47.7 Å². The lowest BCUT2D eigenvalue weighted by Crippen LogP contribution is -2.22. The van der Waals surface area contributed by atoms with E-state index in [9.17, 15) is 4.39 Å². The molecule has 0 saturated heterocycles. The number of aliphatic imine (C=N–C) groups is 1. The third-order valence-electron chi connectivity index (χ3n) is 4.37. The standard InChI is InChI=1S/C20H16FN9OS/c1-3-15(25-16(4-2)30-9-8-23-11-30)26-20-24-10-14(32-20)18-19(31-29-28-22)12-6-5-7-13(21)17(12)27-18/h3-11,27H,1H2,2H3,(H,24,25,26)/b16-4+. The number of imidazole rings is 1. The molecule has 0 bridgehead atoms. The summed E-state index contributed by atoms with van der Waals surface area (Å²) in [6, 6.07) is 4.53. The van der Waals surface area contributed by atoms with Crippen LogP contribution in [0.3, 0.4) is 0 Å². The topological polar surface area (TPSA) is 129 Å². The Balaban J connectivity index is 1.69. The number of nitrogens with zero attached hydrogens (tertiary/aromatic N) is 7. The molecule has 12 heteroatoms. The van der Waals surface area contributed by atoms with E-state index in [0.717, 1.165) is 5.82 Å². The van der Waals surface area contributed by atoms with Crippen molar-refractivity contribution < 1.29 is 9.23 Å². The van der Waals surface area contributed by atoms with E-state index in [4.69, 9.17) is 10.4 Å². The van der Waals surface area contributed by atoms with Crippen molar-refractivity contribution >= 4 is 39.0 Å². The number of thiazole rings is 1. The number of benzene rings is 1. The number of aromatic nitrogens is 4. The lowest BCUT2D eigenvalue weighted by molar-refractivity contribution is 0.338. The van der Waals surface area contributed by atoms with Crippen molar-refractivity contribution in [2.45, 2.75) is 6.92 Å². The second-order valence-corrected chi connectivity index (χ2v) is 7.24. The Morgan fingerprint density at radius 2 is 2.34 bits per heavy atom. The summed E-state index contributed by atoms with van der Waals surface area (Å²) in [5.74, 6) is 0.962. The van der Waals surface area contributed by atoms with Crippen molar-refractivity contribution in [1.82, 2.24) is 24.8 Å². The maximum atomic E-state index is 14.3. The van der Waals surface area contributed by atoms with Crippen LogP contribution in [0.2, 0.25) is 0 Å². The van der Waals surface area contributed by atoms with E-state index in [1.165, 1.54) is 17.4 Å². The fraction of sp³-hybridized carbons (Fsp3) is 0.0500. The van der Waals surface area contributed by atoms with Crippen LogP contribution in [0.4, 0.5) is 9.52 Å². The van der Waals surface area contributed by atoms with Gasteiger partial charge in [0, 0.05) is 28.9 Å². The zero-order valence-electron chi connectivity index (χ0n) is 16.7. The number of hydrogen-bond donors (Lipinski definition) is 2. The smallest absolute Gasteiger partial charge is 0.211 e. The molecule has 3 heterocycles. The summed E-state index contributed by atoms with van der Waals surface area (Å²) in [5.41, 5.74) is 9.30. The van der Waals surface area contributed by atoms with Gasteiger partial charge in [-0.25, -0.2) is 19.4 Å². The highest BCUT2D eigenvalue weighted by atomic mass is 32.1. The van der Waals surface area contributed by atoms with Gasteiger partial charge in [0.05, 0.1) is 10.4 Å². The van der Waals surface area contributed by atoms with Gasteiger partial charge in [-0.2, -0.15) is 0 Å². The van der Waals surface area contributed by atoms with Crippen LogP contribution >= 0.6 is 11.3 Å². The second-order valence-electron chi connectivity index (χ2n) is 6.23. The highest BCUT2D eigenvalue weighted by molar-refractivity contribution is 7.18. The van der Waals surface area contributed by atoms with Gasteiger partial charge in [-0.3, -0.25) is 4.57 Å². The third-order valence-corrected chi connectivity index (χ3v) is 5.27. The van der Waals surface area contributed by atoms with Crippen LogP contribution in [0.15, 0.2) is 72.1 Å². The van der Waals surface area contributed by atoms with E-state index < -0.39 is 5.82 Å². The molecule has 2 N–H and O–H groups in total. The second kappa shape index (κ2) is 9.16. The largest absolute Gasteiger partial charge is 0.391 e. The minimum atomic E-state index is -0.459. The lowest BCUT2D eigenvalue weighted by atomic mass is 10.2. The zero-order chi connectivity index (χ0) is 22.5. The molecular formula is C20H16FN9OS. The Morgan fingerprint density at radius 3 is 3.06 bits per heavy atom. The summed E-state index contributed by atoms with van der Waals surface area (Å²) >= 11 is 1.24. The Bertz CT molecular complexity index is 1380. The van der Waals surface area contributed by atoms with E-state index in [1.807, 2.05) is 13.0 Å². The Kier molecular flexibility index (Phi) is 5.97. The summed E-state index contributed by atoms with van der Waals surface area (Å²) in [6.45, 7) is 5.67. The zero-order valence-corrected chi connectivity index (χ0v) is 17.5. The van der Waals surface area contributed by atoms with Gasteiger partial charge in [0.2, 0.25) is 5.13 Å². The molecule has 32 heavy (non-hydrogen) atoms. The van der Waals surface area contributed by atoms with Crippen LogP contribution in [-0.4, -0.2) is 25.4 Å². The van der Waals surface area contributed by atoms with Crippen LogP contribution in [0.1, 0.15) is 6.92 Å². The predicted molar refractivity (Wildman–Crippen MR) is 122 cm³/mol. The van der Waals surface area contributed by atoms with Crippen molar-refractivity contribution in [3.8, 4) is 16.3 Å². The quantitative estimate of drug-likeness (QED) is 0.0956. The van der Waals surface area contributed by atoms with Crippen molar-refractivity contribution in [1.29, 1.82) is 0 Å². The molecule has 0 fully saturated rings. The van der Waals surface area contributed by atoms with Crippen LogP contribution in [0.25, 0.3) is 37.7 Å². The SMILES string of the molecule is C=C/C(=N\c1ncc(-c2[nH]c3c(F)cccc3c2ON=[N+]=[N-])s1)N/C(=C\C)n1ccnc1. The Morgan fingerprint density at radius 1 is 1.47 bits per heavy atom. The van der Waals surface area contributed by atoms with Gasteiger partial charge >= 0.3 is 0 Å². The molecule has 10 nitrogen and oxygen atoms in total. The molecule has 160 valence electrons. The van der Waals surface area contributed by atoms with Crippen LogP contribution < -0.4 is 10.2 Å². The van der Waals surface area contributed by atoms with Crippen LogP contribution in [0, 0.1) is 5.82 Å². The van der Waals surface area contributed by atoms with Crippen LogP contribution in [-0.2, 0) is 0 Å². The predicted octanol–water partition coefficient (Wildman–Crippen LogP) is 5.56. The molecule has 3 aromatic heterocycles. The van der Waals surface area contributed by atoms with Crippen LogP contribution in [0.5, 0.6) is 5.75 Å². The number of fused-ring (bicyclic) bond motifs is 1. The van der Waals surface area contributed by atoms with E-state index in [-0.39, 0.29) is 11.3 Å². The van der Waals surface area contributed by atoms with Gasteiger partial charge in [0.1, 0.15) is 34.8 Å². The molecular weight excluding hydrogens is 433 g/mol. The Labute approximate surface area is 185 Å². The summed E-state index contributed by atoms with van der Waals surface area (Å²) in [5, 5.41) is 7.21. The molecule has 4 rings (SSSR count). The monoisotopic (exact) mass is 449 g/mol. The average molecular weight is 449 g/mol. The molecule has 0 aliphatic carbocycles. The molecule has 1 aromatic carbocycles. The number of para-hydroxylation sites is 1. The number of azide groups is 1. The number of rotatable bonds is 7. The minimum Gasteiger partial charge on any atom is -0.391 e. The molecule has 0 unspecified atom stereocenters. The summed E-state index contributed by atoms with van der Waals surface area (Å²) in [4.78, 5) is 24.2. The summed E-state index contributed by atoms with van der Waals surface area (Å²) < 4.78 is 16.1. The molecule has 0 atom stereocenters. The maximum absolute atomic E-state index is 14.3. The van der Waals surface area contributed by atoms with E-state index >= 15 is 0 Å². The van der Waals surface area contributed by atoms with Gasteiger partial charge in [-0.1, -0.05) is 24.0 Å². The summed E-state index contributed by atoms with van der Waals surface area (Å²) in [6.07, 6.45) is 10.1. The Hall–Kier alpha value is -4.41. The normalized spacial score (nSPS) is 11.9. The number of nitrogens with one attached hydrogen (secondary N) is 2. The van der Waals surface area contributed by atoms with Crippen molar-refractivity contribution in [3.63, 3.8) is 0 Å². The molecule has 0 aliphatic rings. The van der Waals surface area contributed by atoms with Gasteiger partial charge < -0.3 is 15.1 Å². The first-order chi connectivity index (χ1) is 15.6. The average Bonchev–Trinajstić information content (AvgIpc) is 3.55. The van der Waals surface area contributed by atoms with Gasteiger partial charge in [-0.05, 0) is 36.7 Å². The van der Waals surface area contributed by atoms with Crippen molar-refractivity contribution in [3.05, 3.63) is 78.1 Å². The van der Waals surface area contributed by atoms with Gasteiger partial charge in [0.25, 0.3) is 0 Å². The number of amidine groups is 1. The fourth-order valence-electron chi connectivity index (χ4n) is 2.96. The highest BCUT2D eigenvalue weighted by Gasteiger charge is 2.19. The van der Waals surface area contributed by atoms with Gasteiger partial charge in [0.15, 0.2) is 5.75 Å². The molecule has 0 spiro atoms. The van der Waals surface area contributed by atoms with Crippen molar-refractivity contribution in [2.24, 2.45) is 10.3 Å². The lowest BCUT2D eigenvalue weighted by Gasteiger charge is -2.10. The number of hydrogen-bond acceptors (Lipinski definition) is 6. The summed E-state index contributed by atoms with van der Waals surface area (Å²) in [7, 11) is 0.